The fourth-order valence-electron chi connectivity index (χ4n) is 4.86. The van der Waals surface area contributed by atoms with E-state index in [9.17, 15) is 9.59 Å². The summed E-state index contributed by atoms with van der Waals surface area (Å²) >= 11 is 0. The highest BCUT2D eigenvalue weighted by molar-refractivity contribution is 6.61. The first-order chi connectivity index (χ1) is 17.7. The molecule has 11 heteroatoms. The number of rotatable bonds is 7. The van der Waals surface area contributed by atoms with E-state index in [4.69, 9.17) is 24.0 Å². The van der Waals surface area contributed by atoms with Gasteiger partial charge >= 0.3 is 13.2 Å². The van der Waals surface area contributed by atoms with Crippen molar-refractivity contribution < 1.29 is 23.6 Å². The van der Waals surface area contributed by atoms with Crippen molar-refractivity contribution in [1.29, 1.82) is 0 Å². The van der Waals surface area contributed by atoms with Gasteiger partial charge in [-0.1, -0.05) is 0 Å². The third-order valence-electron chi connectivity index (χ3n) is 7.85. The predicted molar refractivity (Wildman–Crippen MR) is 146 cm³/mol. The first kappa shape index (κ1) is 28.6. The lowest BCUT2D eigenvalue weighted by Crippen LogP contribution is -2.56. The lowest BCUT2D eigenvalue weighted by Gasteiger charge is -2.40. The van der Waals surface area contributed by atoms with E-state index in [1.807, 2.05) is 32.6 Å². The summed E-state index contributed by atoms with van der Waals surface area (Å²) in [4.78, 5) is 39.2. The molecule has 0 bridgehead atoms. The number of piperidine rings is 1. The molecule has 3 fully saturated rings. The van der Waals surface area contributed by atoms with Gasteiger partial charge in [-0.3, -0.25) is 4.79 Å². The van der Waals surface area contributed by atoms with Crippen molar-refractivity contribution in [2.45, 2.75) is 122 Å². The van der Waals surface area contributed by atoms with Crippen molar-refractivity contribution in [2.24, 2.45) is 0 Å². The summed E-state index contributed by atoms with van der Waals surface area (Å²) in [6.45, 7) is 16.6. The van der Waals surface area contributed by atoms with Crippen LogP contribution < -0.4 is 15.7 Å². The Kier molecular flexibility index (Phi) is 8.01. The Morgan fingerprint density at radius 2 is 1.74 bits per heavy atom. The van der Waals surface area contributed by atoms with Crippen LogP contribution in [-0.4, -0.2) is 82.0 Å². The third-order valence-corrected chi connectivity index (χ3v) is 7.85. The molecule has 2 atom stereocenters. The zero-order valence-corrected chi connectivity index (χ0v) is 24.2. The average molecular weight is 529 g/mol. The molecule has 210 valence electrons. The van der Waals surface area contributed by atoms with Gasteiger partial charge < -0.3 is 29.2 Å². The molecule has 2 amide bonds. The van der Waals surface area contributed by atoms with Gasteiger partial charge in [-0.2, -0.15) is 0 Å². The van der Waals surface area contributed by atoms with Gasteiger partial charge in [0.25, 0.3) is 0 Å². The van der Waals surface area contributed by atoms with Crippen molar-refractivity contribution in [2.75, 3.05) is 18.0 Å². The summed E-state index contributed by atoms with van der Waals surface area (Å²) in [5.41, 5.74) is -0.686. The fourth-order valence-corrected chi connectivity index (χ4v) is 4.86. The Balaban J connectivity index is 1.43. The first-order valence-corrected chi connectivity index (χ1v) is 13.9. The van der Waals surface area contributed by atoms with Crippen LogP contribution in [0.4, 0.5) is 10.7 Å². The van der Waals surface area contributed by atoms with E-state index in [0.29, 0.717) is 25.1 Å². The second-order valence-corrected chi connectivity index (χ2v) is 12.8. The second-order valence-electron chi connectivity index (χ2n) is 12.8. The maximum absolute atomic E-state index is 13.4. The summed E-state index contributed by atoms with van der Waals surface area (Å²) in [7, 11) is -0.506. The van der Waals surface area contributed by atoms with E-state index >= 15 is 0 Å². The highest BCUT2D eigenvalue weighted by atomic mass is 16.7. The zero-order valence-electron chi connectivity index (χ0n) is 24.2. The van der Waals surface area contributed by atoms with Crippen LogP contribution >= 0.6 is 0 Å². The van der Waals surface area contributed by atoms with E-state index in [1.54, 1.807) is 40.1 Å². The molecule has 2 saturated heterocycles. The summed E-state index contributed by atoms with van der Waals surface area (Å²) in [5, 5.41) is 2.70. The van der Waals surface area contributed by atoms with Crippen molar-refractivity contribution in [3.05, 3.63) is 12.4 Å². The molecule has 0 unspecified atom stereocenters. The van der Waals surface area contributed by atoms with Crippen LogP contribution in [0.1, 0.15) is 87.5 Å². The Morgan fingerprint density at radius 3 is 2.29 bits per heavy atom. The van der Waals surface area contributed by atoms with Crippen LogP contribution in [0.2, 0.25) is 0 Å². The Hall–Kier alpha value is -2.40. The standard InChI is InChI=1S/C27H44BN5O5/c1-18(31-24(35)36-25(2,3)4)22(34)32-14-10-9-11-21(32)17-33(20-12-13-20)23-29-15-19(16-30-23)28-37-26(5,6)27(7,8)38-28/h15-16,18,20-21H,9-14,17H2,1-8H3,(H,31,35)/t18-,21-/m0/s1. The summed E-state index contributed by atoms with van der Waals surface area (Å²) in [6.07, 6.45) is 8.07. The van der Waals surface area contributed by atoms with Crippen LogP contribution in [-0.2, 0) is 18.8 Å². The number of nitrogens with zero attached hydrogens (tertiary/aromatic N) is 4. The van der Waals surface area contributed by atoms with Crippen LogP contribution in [0.15, 0.2) is 12.4 Å². The number of alkyl carbamates (subject to hydrolysis) is 1. The summed E-state index contributed by atoms with van der Waals surface area (Å²) in [6, 6.07) is -0.282. The molecule has 2 aliphatic heterocycles. The van der Waals surface area contributed by atoms with Crippen LogP contribution in [0.25, 0.3) is 0 Å². The molecule has 38 heavy (non-hydrogen) atoms. The normalized spacial score (nSPS) is 23.6. The Labute approximate surface area is 227 Å². The number of aromatic nitrogens is 2. The molecule has 1 saturated carbocycles. The molecule has 10 nitrogen and oxygen atoms in total. The predicted octanol–water partition coefficient (Wildman–Crippen LogP) is 3.04. The Bertz CT molecular complexity index is 992. The fraction of sp³-hybridized carbons (Fsp3) is 0.778. The molecule has 1 aromatic rings. The number of likely N-dealkylation sites (tertiary alicyclic amines) is 1. The SMILES string of the molecule is C[C@H](NC(=O)OC(C)(C)C)C(=O)N1CCCC[C@H]1CN(c1ncc(B2OC(C)(C)C(C)(C)O2)cn1)C1CC1. The van der Waals surface area contributed by atoms with Gasteiger partial charge in [-0.25, -0.2) is 14.8 Å². The molecule has 0 aromatic carbocycles. The number of hydrogen-bond acceptors (Lipinski definition) is 8. The van der Waals surface area contributed by atoms with E-state index in [-0.39, 0.29) is 11.9 Å². The van der Waals surface area contributed by atoms with Crippen molar-refractivity contribution in [3.63, 3.8) is 0 Å². The van der Waals surface area contributed by atoms with Crippen LogP contribution in [0.5, 0.6) is 0 Å². The Morgan fingerprint density at radius 1 is 1.13 bits per heavy atom. The number of ether oxygens (including phenoxy) is 1. The highest BCUT2D eigenvalue weighted by Gasteiger charge is 2.52. The third kappa shape index (κ3) is 6.59. The molecular formula is C27H44BN5O5. The van der Waals surface area contributed by atoms with Gasteiger partial charge in [0.2, 0.25) is 11.9 Å². The minimum atomic E-state index is -0.671. The maximum atomic E-state index is 13.4. The van der Waals surface area contributed by atoms with Crippen molar-refractivity contribution in [1.82, 2.24) is 20.2 Å². The van der Waals surface area contributed by atoms with Gasteiger partial charge in [-0.15, -0.1) is 0 Å². The van der Waals surface area contributed by atoms with Gasteiger partial charge in [0.15, 0.2) is 0 Å². The van der Waals surface area contributed by atoms with Crippen molar-refractivity contribution in [3.8, 4) is 0 Å². The quantitative estimate of drug-likeness (QED) is 0.538. The number of nitrogens with one attached hydrogen (secondary N) is 1. The molecule has 3 aliphatic rings. The summed E-state index contributed by atoms with van der Waals surface area (Å²) < 4.78 is 17.6. The number of carbonyl (C=O) groups excluding carboxylic acids is 2. The van der Waals surface area contributed by atoms with Crippen molar-refractivity contribution >= 4 is 30.5 Å². The number of amides is 2. The molecule has 0 spiro atoms. The monoisotopic (exact) mass is 529 g/mol. The van der Waals surface area contributed by atoms with E-state index < -0.39 is 36.1 Å². The molecule has 4 rings (SSSR count). The van der Waals surface area contributed by atoms with E-state index in [2.05, 4.69) is 10.2 Å². The molecule has 0 radical (unpaired) electrons. The maximum Gasteiger partial charge on any atom is 0.498 e. The van der Waals surface area contributed by atoms with E-state index in [1.165, 1.54) is 0 Å². The number of hydrogen-bond donors (Lipinski definition) is 1. The molecular weight excluding hydrogens is 485 g/mol. The first-order valence-electron chi connectivity index (χ1n) is 13.9. The van der Waals surface area contributed by atoms with Gasteiger partial charge in [-0.05, 0) is 87.5 Å². The zero-order chi connectivity index (χ0) is 27.9. The molecule has 1 aromatic heterocycles. The van der Waals surface area contributed by atoms with Crippen LogP contribution in [0.3, 0.4) is 0 Å². The second kappa shape index (κ2) is 10.6. The minimum Gasteiger partial charge on any atom is -0.444 e. The number of anilines is 1. The topological polar surface area (TPSA) is 106 Å². The smallest absolute Gasteiger partial charge is 0.444 e. The highest BCUT2D eigenvalue weighted by Crippen LogP contribution is 2.36. The van der Waals surface area contributed by atoms with Gasteiger partial charge in [0, 0.05) is 43.0 Å². The molecule has 1 aliphatic carbocycles. The lowest BCUT2D eigenvalue weighted by atomic mass is 9.81. The van der Waals surface area contributed by atoms with Crippen LogP contribution in [0, 0.1) is 0 Å². The lowest BCUT2D eigenvalue weighted by molar-refractivity contribution is -0.136. The average Bonchev–Trinajstić information content (AvgIpc) is 3.62. The molecule has 1 N–H and O–H groups in total. The van der Waals surface area contributed by atoms with Gasteiger partial charge in [0.05, 0.1) is 11.2 Å². The molecule has 3 heterocycles. The minimum absolute atomic E-state index is 0.0195. The van der Waals surface area contributed by atoms with E-state index in [0.717, 1.165) is 37.6 Å². The van der Waals surface area contributed by atoms with Gasteiger partial charge in [0.1, 0.15) is 11.6 Å². The number of carbonyl (C=O) groups is 2. The summed E-state index contributed by atoms with van der Waals surface area (Å²) in [5.74, 6) is 0.569. The largest absolute Gasteiger partial charge is 0.498 e.